The molecule has 4 heterocycles. The Balaban J connectivity index is 1.54. The fourth-order valence-electron chi connectivity index (χ4n) is 2.98. The van der Waals surface area contributed by atoms with Gasteiger partial charge in [0.2, 0.25) is 0 Å². The Morgan fingerprint density at radius 3 is 2.61 bits per heavy atom. The summed E-state index contributed by atoms with van der Waals surface area (Å²) >= 11 is 0. The first-order valence-corrected chi connectivity index (χ1v) is 8.49. The molecule has 4 aromatic heterocycles. The SMILES string of the molecule is Cc1cnc2[nH]cc(Cc3cnc([CH]c4cnccc4C(F)(F)F)nc3)c2c1. The number of pyridine rings is 2. The van der Waals surface area contributed by atoms with Crippen molar-refractivity contribution in [3.8, 4) is 0 Å². The van der Waals surface area contributed by atoms with E-state index in [0.29, 0.717) is 6.42 Å². The summed E-state index contributed by atoms with van der Waals surface area (Å²) in [6.07, 6.45) is 6.59. The number of aryl methyl sites for hydroxylation is 1. The lowest BCUT2D eigenvalue weighted by Crippen LogP contribution is -2.10. The van der Waals surface area contributed by atoms with E-state index >= 15 is 0 Å². The van der Waals surface area contributed by atoms with Crippen LogP contribution < -0.4 is 0 Å². The van der Waals surface area contributed by atoms with E-state index in [2.05, 4.69) is 31.0 Å². The minimum atomic E-state index is -4.46. The number of aromatic nitrogens is 5. The van der Waals surface area contributed by atoms with E-state index in [0.717, 1.165) is 46.2 Å². The van der Waals surface area contributed by atoms with Crippen LogP contribution in [0.1, 0.15) is 33.6 Å². The zero-order chi connectivity index (χ0) is 19.7. The number of rotatable bonds is 4. The van der Waals surface area contributed by atoms with E-state index in [1.807, 2.05) is 13.1 Å². The summed E-state index contributed by atoms with van der Waals surface area (Å²) in [5.41, 5.74) is 2.94. The molecule has 8 heteroatoms. The number of aromatic amines is 1. The molecule has 1 radical (unpaired) electrons. The molecule has 0 spiro atoms. The second kappa shape index (κ2) is 7.03. The van der Waals surface area contributed by atoms with E-state index in [9.17, 15) is 13.2 Å². The predicted octanol–water partition coefficient (Wildman–Crippen LogP) is 4.27. The number of alkyl halides is 3. The number of nitrogens with one attached hydrogen (secondary N) is 1. The standard InChI is InChI=1S/C20H15F3N5/c1-12-4-16-14(11-28-19(16)27-7-12)5-13-8-25-18(26-9-13)6-15-10-24-3-2-17(15)20(21,22)23/h2-4,6-11H,5H2,1H3,(H,27,28). The number of halogens is 3. The summed E-state index contributed by atoms with van der Waals surface area (Å²) in [7, 11) is 0. The normalized spacial score (nSPS) is 11.9. The topological polar surface area (TPSA) is 67.3 Å². The Morgan fingerprint density at radius 1 is 1.07 bits per heavy atom. The van der Waals surface area contributed by atoms with Gasteiger partial charge in [0.05, 0.1) is 12.0 Å². The predicted molar refractivity (Wildman–Crippen MR) is 97.4 cm³/mol. The molecule has 0 aliphatic carbocycles. The van der Waals surface area contributed by atoms with Crippen molar-refractivity contribution in [2.24, 2.45) is 0 Å². The third-order valence-electron chi connectivity index (χ3n) is 4.32. The average molecular weight is 382 g/mol. The van der Waals surface area contributed by atoms with Gasteiger partial charge in [0.1, 0.15) is 11.5 Å². The lowest BCUT2D eigenvalue weighted by molar-refractivity contribution is -0.138. The molecule has 0 aliphatic rings. The van der Waals surface area contributed by atoms with Gasteiger partial charge in [0.15, 0.2) is 0 Å². The monoisotopic (exact) mass is 382 g/mol. The lowest BCUT2D eigenvalue weighted by atomic mass is 10.1. The molecule has 0 atom stereocenters. The maximum Gasteiger partial charge on any atom is 0.416 e. The minimum absolute atomic E-state index is 0.0686. The van der Waals surface area contributed by atoms with Gasteiger partial charge in [-0.25, -0.2) is 15.0 Å². The van der Waals surface area contributed by atoms with Crippen molar-refractivity contribution >= 4 is 11.0 Å². The van der Waals surface area contributed by atoms with E-state index in [4.69, 9.17) is 0 Å². The molecule has 0 unspecified atom stereocenters. The number of fused-ring (bicyclic) bond motifs is 1. The summed E-state index contributed by atoms with van der Waals surface area (Å²) in [5, 5.41) is 1.03. The van der Waals surface area contributed by atoms with Gasteiger partial charge in [0, 0.05) is 49.0 Å². The third-order valence-corrected chi connectivity index (χ3v) is 4.32. The van der Waals surface area contributed by atoms with E-state index in [1.165, 1.54) is 6.42 Å². The van der Waals surface area contributed by atoms with E-state index in [1.54, 1.807) is 18.6 Å². The van der Waals surface area contributed by atoms with E-state index in [-0.39, 0.29) is 11.4 Å². The van der Waals surface area contributed by atoms with Crippen LogP contribution in [0.15, 0.2) is 49.3 Å². The van der Waals surface area contributed by atoms with Crippen molar-refractivity contribution in [3.05, 3.63) is 89.4 Å². The molecule has 4 aromatic rings. The molecule has 4 rings (SSSR count). The van der Waals surface area contributed by atoms with Crippen LogP contribution in [0.3, 0.4) is 0 Å². The highest BCUT2D eigenvalue weighted by Crippen LogP contribution is 2.32. The molecule has 28 heavy (non-hydrogen) atoms. The lowest BCUT2D eigenvalue weighted by Gasteiger charge is -2.11. The molecular weight excluding hydrogens is 367 g/mol. The van der Waals surface area contributed by atoms with Crippen LogP contribution in [0.5, 0.6) is 0 Å². The number of nitrogens with zero attached hydrogens (tertiary/aromatic N) is 4. The van der Waals surface area contributed by atoms with Gasteiger partial charge in [0.25, 0.3) is 0 Å². The van der Waals surface area contributed by atoms with Gasteiger partial charge in [-0.15, -0.1) is 0 Å². The zero-order valence-electron chi connectivity index (χ0n) is 14.8. The maximum atomic E-state index is 13.1. The molecule has 0 amide bonds. The van der Waals surface area contributed by atoms with Crippen LogP contribution in [-0.4, -0.2) is 24.9 Å². The van der Waals surface area contributed by atoms with Gasteiger partial charge in [-0.2, -0.15) is 13.2 Å². The van der Waals surface area contributed by atoms with Crippen molar-refractivity contribution in [1.29, 1.82) is 0 Å². The molecule has 0 saturated carbocycles. The van der Waals surface area contributed by atoms with Crippen molar-refractivity contribution in [1.82, 2.24) is 24.9 Å². The van der Waals surface area contributed by atoms with Crippen LogP contribution in [0.25, 0.3) is 11.0 Å². The van der Waals surface area contributed by atoms with E-state index < -0.39 is 11.7 Å². The summed E-state index contributed by atoms with van der Waals surface area (Å²) in [4.78, 5) is 19.6. The quantitative estimate of drug-likeness (QED) is 0.573. The summed E-state index contributed by atoms with van der Waals surface area (Å²) in [6.45, 7) is 1.98. The summed E-state index contributed by atoms with van der Waals surface area (Å²) in [5.74, 6) is 0.193. The molecule has 141 valence electrons. The summed E-state index contributed by atoms with van der Waals surface area (Å²) < 4.78 is 39.3. The minimum Gasteiger partial charge on any atom is -0.346 e. The zero-order valence-corrected chi connectivity index (χ0v) is 14.8. The van der Waals surface area contributed by atoms with Crippen LogP contribution in [0.4, 0.5) is 13.2 Å². The Hall–Kier alpha value is -3.29. The number of H-pyrrole nitrogens is 1. The van der Waals surface area contributed by atoms with Crippen molar-refractivity contribution < 1.29 is 13.2 Å². The van der Waals surface area contributed by atoms with Gasteiger partial charge < -0.3 is 4.98 Å². The number of hydrogen-bond acceptors (Lipinski definition) is 4. The first-order valence-electron chi connectivity index (χ1n) is 8.49. The molecule has 0 fully saturated rings. The molecule has 0 aromatic carbocycles. The molecular formula is C20H15F3N5. The van der Waals surface area contributed by atoms with Gasteiger partial charge >= 0.3 is 6.18 Å². The average Bonchev–Trinajstić information content (AvgIpc) is 3.05. The van der Waals surface area contributed by atoms with Gasteiger partial charge in [-0.3, -0.25) is 4.98 Å². The van der Waals surface area contributed by atoms with Gasteiger partial charge in [-0.1, -0.05) is 0 Å². The molecule has 5 nitrogen and oxygen atoms in total. The highest BCUT2D eigenvalue weighted by molar-refractivity contribution is 5.80. The van der Waals surface area contributed by atoms with Crippen molar-refractivity contribution in [2.75, 3.05) is 0 Å². The molecule has 0 aliphatic heterocycles. The molecule has 0 bridgehead atoms. The first kappa shape index (κ1) is 18.1. The first-order chi connectivity index (χ1) is 13.4. The fraction of sp³-hybridized carbons (Fsp3) is 0.150. The van der Waals surface area contributed by atoms with Crippen LogP contribution in [0.2, 0.25) is 0 Å². The number of hydrogen-bond donors (Lipinski definition) is 1. The molecule has 1 N–H and O–H groups in total. The van der Waals surface area contributed by atoms with Gasteiger partial charge in [-0.05, 0) is 41.3 Å². The maximum absolute atomic E-state index is 13.1. The second-order valence-corrected chi connectivity index (χ2v) is 6.45. The van der Waals surface area contributed by atoms with Crippen LogP contribution in [-0.2, 0) is 12.6 Å². The summed E-state index contributed by atoms with van der Waals surface area (Å²) in [6, 6.07) is 2.99. The Bertz CT molecular complexity index is 1120. The highest BCUT2D eigenvalue weighted by atomic mass is 19.4. The van der Waals surface area contributed by atoms with Crippen molar-refractivity contribution in [2.45, 2.75) is 19.5 Å². The fourth-order valence-corrected chi connectivity index (χ4v) is 2.98. The third kappa shape index (κ3) is 3.71. The van der Waals surface area contributed by atoms with Crippen LogP contribution >= 0.6 is 0 Å². The largest absolute Gasteiger partial charge is 0.416 e. The second-order valence-electron chi connectivity index (χ2n) is 6.45. The highest BCUT2D eigenvalue weighted by Gasteiger charge is 2.33. The Kier molecular flexibility index (Phi) is 4.54. The van der Waals surface area contributed by atoms with Crippen LogP contribution in [0, 0.1) is 13.3 Å². The molecule has 0 saturated heterocycles. The van der Waals surface area contributed by atoms with Crippen molar-refractivity contribution in [3.63, 3.8) is 0 Å². The Labute approximate surface area is 158 Å². The smallest absolute Gasteiger partial charge is 0.346 e. The Morgan fingerprint density at radius 2 is 1.86 bits per heavy atom.